The van der Waals surface area contributed by atoms with Crippen LogP contribution in [0, 0.1) is 12.8 Å². The van der Waals surface area contributed by atoms with Gasteiger partial charge in [0.2, 0.25) is 17.7 Å². The topological polar surface area (TPSA) is 123 Å². The smallest absolute Gasteiger partial charge is 0.408 e. The molecule has 1 fully saturated rings. The highest BCUT2D eigenvalue weighted by Crippen LogP contribution is 2.32. The van der Waals surface area contributed by atoms with E-state index in [1.807, 2.05) is 0 Å². The molecule has 2 aromatic heterocycles. The van der Waals surface area contributed by atoms with Crippen LogP contribution in [0.25, 0.3) is 11.1 Å². The number of rotatable bonds is 4. The van der Waals surface area contributed by atoms with E-state index in [4.69, 9.17) is 8.94 Å². The number of para-hydroxylation sites is 2. The molecule has 10 nitrogen and oxygen atoms in total. The quantitative estimate of drug-likeness (QED) is 0.684. The van der Waals surface area contributed by atoms with E-state index in [1.54, 1.807) is 43.1 Å². The molecular weight excluding hydrogens is 366 g/mol. The second-order valence-corrected chi connectivity index (χ2v) is 6.73. The number of likely N-dealkylation sites (tertiary alicyclic amines) is 1. The number of carbonyl (C=O) groups excluding carboxylic acids is 2. The third kappa shape index (κ3) is 3.06. The van der Waals surface area contributed by atoms with Crippen LogP contribution in [0.3, 0.4) is 0 Å². The van der Waals surface area contributed by atoms with Gasteiger partial charge in [-0.1, -0.05) is 17.3 Å². The Morgan fingerprint density at radius 2 is 2.07 bits per heavy atom. The summed E-state index contributed by atoms with van der Waals surface area (Å²) in [5.74, 6) is -1.21. The standard InChI is InChI=1S/C18H19N5O5/c1-10-20-17(28-21-10)12-8-22(7-11(12)16(25)19-2)15(24)9-23-13-5-3-4-6-14(13)27-18(23)26/h3-6,11-12H,7-9H2,1-2H3,(H,19,25). The van der Waals surface area contributed by atoms with Crippen molar-refractivity contribution in [3.63, 3.8) is 0 Å². The Kier molecular flexibility index (Phi) is 4.46. The molecule has 0 bridgehead atoms. The summed E-state index contributed by atoms with van der Waals surface area (Å²) in [5.41, 5.74) is 0.969. The largest absolute Gasteiger partial charge is 0.420 e. The molecule has 146 valence electrons. The first-order chi connectivity index (χ1) is 13.5. The predicted octanol–water partition coefficient (Wildman–Crippen LogP) is 0.274. The zero-order chi connectivity index (χ0) is 19.8. The number of fused-ring (bicyclic) bond motifs is 1. The first-order valence-corrected chi connectivity index (χ1v) is 8.86. The van der Waals surface area contributed by atoms with Crippen LogP contribution in [0.4, 0.5) is 0 Å². The van der Waals surface area contributed by atoms with Crippen molar-refractivity contribution in [1.29, 1.82) is 0 Å². The van der Waals surface area contributed by atoms with Crippen LogP contribution < -0.4 is 11.1 Å². The van der Waals surface area contributed by atoms with E-state index in [0.717, 1.165) is 0 Å². The number of hydrogen-bond acceptors (Lipinski definition) is 7. The summed E-state index contributed by atoms with van der Waals surface area (Å²) in [5, 5.41) is 6.39. The van der Waals surface area contributed by atoms with Crippen molar-refractivity contribution in [3.05, 3.63) is 46.5 Å². The molecule has 0 spiro atoms. The number of hydrogen-bond donors (Lipinski definition) is 1. The van der Waals surface area contributed by atoms with Crippen molar-refractivity contribution in [1.82, 2.24) is 24.9 Å². The second-order valence-electron chi connectivity index (χ2n) is 6.73. The van der Waals surface area contributed by atoms with Crippen LogP contribution >= 0.6 is 0 Å². The zero-order valence-corrected chi connectivity index (χ0v) is 15.4. The molecule has 1 aliphatic rings. The first-order valence-electron chi connectivity index (χ1n) is 8.86. The molecule has 0 radical (unpaired) electrons. The lowest BCUT2D eigenvalue weighted by molar-refractivity contribution is -0.131. The van der Waals surface area contributed by atoms with E-state index < -0.39 is 17.6 Å². The summed E-state index contributed by atoms with van der Waals surface area (Å²) < 4.78 is 11.7. The normalized spacial score (nSPS) is 19.3. The van der Waals surface area contributed by atoms with E-state index in [9.17, 15) is 14.4 Å². The number of aryl methyl sites for hydroxylation is 1. The monoisotopic (exact) mass is 385 g/mol. The van der Waals surface area contributed by atoms with Gasteiger partial charge in [-0.15, -0.1) is 0 Å². The molecule has 0 aliphatic carbocycles. The Labute approximate surface area is 159 Å². The van der Waals surface area contributed by atoms with Crippen molar-refractivity contribution >= 4 is 22.9 Å². The third-order valence-electron chi connectivity index (χ3n) is 4.98. The lowest BCUT2D eigenvalue weighted by Crippen LogP contribution is -2.36. The summed E-state index contributed by atoms with van der Waals surface area (Å²) in [4.78, 5) is 43.1. The third-order valence-corrected chi connectivity index (χ3v) is 4.98. The molecule has 4 rings (SSSR count). The highest BCUT2D eigenvalue weighted by atomic mass is 16.5. The molecule has 1 aromatic carbocycles. The van der Waals surface area contributed by atoms with Gasteiger partial charge < -0.3 is 19.2 Å². The average Bonchev–Trinajstić information content (AvgIpc) is 3.38. The maximum Gasteiger partial charge on any atom is 0.420 e. The second kappa shape index (κ2) is 6.95. The lowest BCUT2D eigenvalue weighted by atomic mass is 9.95. The molecule has 2 atom stereocenters. The molecule has 28 heavy (non-hydrogen) atoms. The summed E-state index contributed by atoms with van der Waals surface area (Å²) in [6, 6.07) is 6.91. The maximum absolute atomic E-state index is 12.9. The molecule has 10 heteroatoms. The first kappa shape index (κ1) is 18.0. The van der Waals surface area contributed by atoms with Crippen LogP contribution in [-0.2, 0) is 16.1 Å². The molecule has 3 heterocycles. The Hall–Kier alpha value is -3.43. The highest BCUT2D eigenvalue weighted by Gasteiger charge is 2.43. The van der Waals surface area contributed by atoms with Gasteiger partial charge in [0.1, 0.15) is 6.54 Å². The van der Waals surface area contributed by atoms with Crippen molar-refractivity contribution in [2.24, 2.45) is 5.92 Å². The number of nitrogens with zero attached hydrogens (tertiary/aromatic N) is 4. The van der Waals surface area contributed by atoms with E-state index >= 15 is 0 Å². The van der Waals surface area contributed by atoms with E-state index in [2.05, 4.69) is 15.5 Å². The average molecular weight is 385 g/mol. The molecule has 1 N–H and O–H groups in total. The van der Waals surface area contributed by atoms with E-state index in [0.29, 0.717) is 22.8 Å². The lowest BCUT2D eigenvalue weighted by Gasteiger charge is -2.16. The van der Waals surface area contributed by atoms with Crippen molar-refractivity contribution in [2.75, 3.05) is 20.1 Å². The van der Waals surface area contributed by atoms with Gasteiger partial charge in [0, 0.05) is 20.1 Å². The Bertz CT molecular complexity index is 1100. The molecule has 1 aliphatic heterocycles. The number of aromatic nitrogens is 3. The van der Waals surface area contributed by atoms with Crippen molar-refractivity contribution < 1.29 is 18.5 Å². The van der Waals surface area contributed by atoms with Crippen LogP contribution in [0.15, 0.2) is 38.0 Å². The summed E-state index contributed by atoms with van der Waals surface area (Å²) in [6.07, 6.45) is 0. The van der Waals surface area contributed by atoms with Gasteiger partial charge in [0.05, 0.1) is 17.4 Å². The van der Waals surface area contributed by atoms with Gasteiger partial charge in [-0.3, -0.25) is 14.2 Å². The predicted molar refractivity (Wildman–Crippen MR) is 96.4 cm³/mol. The van der Waals surface area contributed by atoms with Crippen molar-refractivity contribution in [3.8, 4) is 0 Å². The van der Waals surface area contributed by atoms with Crippen molar-refractivity contribution in [2.45, 2.75) is 19.4 Å². The van der Waals surface area contributed by atoms with Gasteiger partial charge >= 0.3 is 5.76 Å². The molecule has 2 amide bonds. The fourth-order valence-corrected chi connectivity index (χ4v) is 3.57. The van der Waals surface area contributed by atoms with Crippen LogP contribution in [0.1, 0.15) is 17.6 Å². The van der Waals surface area contributed by atoms with E-state index in [-0.39, 0.29) is 31.4 Å². The van der Waals surface area contributed by atoms with E-state index in [1.165, 1.54) is 4.57 Å². The summed E-state index contributed by atoms with van der Waals surface area (Å²) in [6.45, 7) is 1.97. The van der Waals surface area contributed by atoms with Gasteiger partial charge in [-0.05, 0) is 19.1 Å². The molecule has 2 unspecified atom stereocenters. The Morgan fingerprint density at radius 3 is 2.79 bits per heavy atom. The number of oxazole rings is 1. The van der Waals surface area contributed by atoms with Gasteiger partial charge in [-0.2, -0.15) is 4.98 Å². The van der Waals surface area contributed by atoms with Gasteiger partial charge in [0.15, 0.2) is 11.4 Å². The number of amides is 2. The van der Waals surface area contributed by atoms with Crippen LogP contribution in [-0.4, -0.2) is 51.6 Å². The minimum absolute atomic E-state index is 0.175. The number of nitrogens with one attached hydrogen (secondary N) is 1. The summed E-state index contributed by atoms with van der Waals surface area (Å²) >= 11 is 0. The number of carbonyl (C=O) groups is 2. The van der Waals surface area contributed by atoms with Gasteiger partial charge in [-0.25, -0.2) is 4.79 Å². The van der Waals surface area contributed by atoms with Crippen LogP contribution in [0.5, 0.6) is 0 Å². The van der Waals surface area contributed by atoms with Gasteiger partial charge in [0.25, 0.3) is 0 Å². The summed E-state index contributed by atoms with van der Waals surface area (Å²) in [7, 11) is 1.54. The Balaban J connectivity index is 1.58. The fourth-order valence-electron chi connectivity index (χ4n) is 3.57. The SMILES string of the molecule is CNC(=O)C1CN(C(=O)Cn2c(=O)oc3ccccc32)CC1c1nc(C)no1. The zero-order valence-electron chi connectivity index (χ0n) is 15.4. The van der Waals surface area contributed by atoms with Crippen LogP contribution in [0.2, 0.25) is 0 Å². The molecule has 3 aromatic rings. The number of benzene rings is 1. The highest BCUT2D eigenvalue weighted by molar-refractivity contribution is 5.83. The fraction of sp³-hybridized carbons (Fsp3) is 0.389. The maximum atomic E-state index is 12.9. The molecule has 1 saturated heterocycles. The molecule has 0 saturated carbocycles. The molecular formula is C18H19N5O5. The minimum atomic E-state index is -0.597. The minimum Gasteiger partial charge on any atom is -0.408 e. The Morgan fingerprint density at radius 1 is 1.29 bits per heavy atom.